The minimum absolute atomic E-state index is 0.206. The van der Waals surface area contributed by atoms with Crippen LogP contribution in [0.2, 0.25) is 0 Å². The van der Waals surface area contributed by atoms with Gasteiger partial charge in [0.25, 0.3) is 0 Å². The van der Waals surface area contributed by atoms with E-state index in [1.54, 1.807) is 0 Å². The summed E-state index contributed by atoms with van der Waals surface area (Å²) in [7, 11) is 0. The van der Waals surface area contributed by atoms with Crippen molar-refractivity contribution >= 4 is 0 Å². The minimum Gasteiger partial charge on any atom is -0.376 e. The number of hydrogen-bond donors (Lipinski definition) is 0. The number of ether oxygens (including phenoxy) is 2. The van der Waals surface area contributed by atoms with Gasteiger partial charge in [-0.2, -0.15) is 0 Å². The van der Waals surface area contributed by atoms with E-state index < -0.39 is 0 Å². The van der Waals surface area contributed by atoms with Gasteiger partial charge in [0, 0.05) is 5.92 Å². The summed E-state index contributed by atoms with van der Waals surface area (Å²) in [6.07, 6.45) is 3.45. The molecule has 0 N–H and O–H groups in total. The molecule has 2 atom stereocenters. The first-order chi connectivity index (χ1) is 8.42. The smallest absolute Gasteiger partial charge is 0.0877 e. The molecule has 0 bridgehead atoms. The van der Waals surface area contributed by atoms with E-state index >= 15 is 0 Å². The van der Waals surface area contributed by atoms with Crippen molar-refractivity contribution in [3.63, 3.8) is 0 Å². The summed E-state index contributed by atoms with van der Waals surface area (Å²) >= 11 is 0. The Balaban J connectivity index is 2.06. The van der Waals surface area contributed by atoms with Crippen molar-refractivity contribution in [3.8, 4) is 0 Å². The lowest BCUT2D eigenvalue weighted by Gasteiger charge is -2.30. The maximum Gasteiger partial charge on any atom is 0.0877 e. The quantitative estimate of drug-likeness (QED) is 0.777. The summed E-state index contributed by atoms with van der Waals surface area (Å²) in [5.41, 5.74) is 1.36. The van der Waals surface area contributed by atoms with Crippen LogP contribution < -0.4 is 0 Å². The molecule has 17 heavy (non-hydrogen) atoms. The Kier molecular flexibility index (Phi) is 5.02. The van der Waals surface area contributed by atoms with E-state index in [0.717, 1.165) is 39.1 Å². The molecule has 2 heteroatoms. The molecule has 2 unspecified atom stereocenters. The average molecular weight is 233 g/mol. The van der Waals surface area contributed by atoms with Crippen LogP contribution in [0.25, 0.3) is 0 Å². The lowest BCUT2D eigenvalue weighted by Crippen LogP contribution is -2.34. The van der Waals surface area contributed by atoms with Crippen molar-refractivity contribution in [2.45, 2.75) is 31.3 Å². The Morgan fingerprint density at radius 1 is 1.24 bits per heavy atom. The van der Waals surface area contributed by atoms with Crippen LogP contribution in [-0.4, -0.2) is 25.9 Å². The van der Waals surface area contributed by atoms with Crippen molar-refractivity contribution in [2.24, 2.45) is 0 Å². The summed E-state index contributed by atoms with van der Waals surface area (Å²) in [4.78, 5) is 0. The highest BCUT2D eigenvalue weighted by molar-refractivity contribution is 5.21. The fourth-order valence-corrected chi connectivity index (χ4v) is 2.37. The largest absolute Gasteiger partial charge is 0.376 e. The van der Waals surface area contributed by atoms with Gasteiger partial charge in [-0.1, -0.05) is 50.1 Å². The Hall–Kier alpha value is -0.860. The third-order valence-corrected chi connectivity index (χ3v) is 3.28. The number of benzene rings is 1. The molecule has 2 rings (SSSR count). The fourth-order valence-electron chi connectivity index (χ4n) is 2.37. The summed E-state index contributed by atoms with van der Waals surface area (Å²) in [6, 6.07) is 10.6. The zero-order valence-electron chi connectivity index (χ0n) is 10.3. The van der Waals surface area contributed by atoms with Crippen molar-refractivity contribution in [2.75, 3.05) is 19.8 Å². The molecule has 1 radical (unpaired) electrons. The van der Waals surface area contributed by atoms with Crippen LogP contribution in [0.5, 0.6) is 0 Å². The van der Waals surface area contributed by atoms with E-state index in [0.29, 0.717) is 5.92 Å². The lowest BCUT2D eigenvalue weighted by atomic mass is 9.88. The highest BCUT2D eigenvalue weighted by atomic mass is 16.6. The molecule has 1 aromatic carbocycles. The van der Waals surface area contributed by atoms with Crippen LogP contribution in [0.15, 0.2) is 30.3 Å². The Labute approximate surface area is 104 Å². The van der Waals surface area contributed by atoms with Crippen LogP contribution in [0.3, 0.4) is 0 Å². The van der Waals surface area contributed by atoms with Crippen molar-refractivity contribution in [1.82, 2.24) is 0 Å². The van der Waals surface area contributed by atoms with Gasteiger partial charge in [-0.3, -0.25) is 0 Å². The zero-order valence-corrected chi connectivity index (χ0v) is 10.3. The molecule has 2 nitrogen and oxygen atoms in total. The SMILES string of the molecule is [CH2]CCCC(c1ccccc1)C1COCCO1. The van der Waals surface area contributed by atoms with Crippen LogP contribution in [-0.2, 0) is 9.47 Å². The first kappa shape index (κ1) is 12.6. The van der Waals surface area contributed by atoms with E-state index in [9.17, 15) is 0 Å². The second kappa shape index (κ2) is 6.77. The predicted molar refractivity (Wildman–Crippen MR) is 69.0 cm³/mol. The van der Waals surface area contributed by atoms with Crippen LogP contribution in [0.4, 0.5) is 0 Å². The van der Waals surface area contributed by atoms with E-state index in [2.05, 4.69) is 37.3 Å². The topological polar surface area (TPSA) is 18.5 Å². The van der Waals surface area contributed by atoms with Crippen molar-refractivity contribution < 1.29 is 9.47 Å². The molecule has 1 saturated heterocycles. The lowest BCUT2D eigenvalue weighted by molar-refractivity contribution is -0.0992. The van der Waals surface area contributed by atoms with Crippen molar-refractivity contribution in [3.05, 3.63) is 42.8 Å². The first-order valence-electron chi connectivity index (χ1n) is 6.45. The van der Waals surface area contributed by atoms with Gasteiger partial charge in [-0.15, -0.1) is 0 Å². The van der Waals surface area contributed by atoms with Gasteiger partial charge in [-0.25, -0.2) is 0 Å². The van der Waals surface area contributed by atoms with Gasteiger partial charge in [0.2, 0.25) is 0 Å². The maximum atomic E-state index is 5.85. The highest BCUT2D eigenvalue weighted by Crippen LogP contribution is 2.28. The van der Waals surface area contributed by atoms with Gasteiger partial charge in [0.15, 0.2) is 0 Å². The normalized spacial score (nSPS) is 22.3. The van der Waals surface area contributed by atoms with Crippen LogP contribution in [0.1, 0.15) is 30.7 Å². The van der Waals surface area contributed by atoms with E-state index in [4.69, 9.17) is 9.47 Å². The number of hydrogen-bond acceptors (Lipinski definition) is 2. The van der Waals surface area contributed by atoms with Gasteiger partial charge < -0.3 is 9.47 Å². The first-order valence-corrected chi connectivity index (χ1v) is 6.45. The average Bonchev–Trinajstić information content (AvgIpc) is 2.42. The third kappa shape index (κ3) is 3.55. The monoisotopic (exact) mass is 233 g/mol. The highest BCUT2D eigenvalue weighted by Gasteiger charge is 2.25. The van der Waals surface area contributed by atoms with Gasteiger partial charge >= 0.3 is 0 Å². The van der Waals surface area contributed by atoms with Crippen molar-refractivity contribution in [1.29, 1.82) is 0 Å². The van der Waals surface area contributed by atoms with E-state index in [1.165, 1.54) is 5.56 Å². The Bertz CT molecular complexity index is 304. The molecule has 0 aromatic heterocycles. The zero-order chi connectivity index (χ0) is 11.9. The predicted octanol–water partition coefficient (Wildman–Crippen LogP) is 3.19. The summed E-state index contributed by atoms with van der Waals surface area (Å²) in [5, 5.41) is 0. The number of unbranched alkanes of at least 4 members (excludes halogenated alkanes) is 1. The standard InChI is InChI=1S/C15H21O2/c1-2-3-9-14(13-7-5-4-6-8-13)15-12-16-10-11-17-15/h4-8,14-15H,1-3,9-12H2. The van der Waals surface area contributed by atoms with E-state index in [1.807, 2.05) is 0 Å². The molecule has 0 aliphatic carbocycles. The molecule has 1 aliphatic rings. The number of rotatable bonds is 5. The fraction of sp³-hybridized carbons (Fsp3) is 0.533. The second-order valence-corrected chi connectivity index (χ2v) is 4.50. The maximum absolute atomic E-state index is 5.85. The van der Waals surface area contributed by atoms with Crippen LogP contribution in [0, 0.1) is 6.92 Å². The second-order valence-electron chi connectivity index (χ2n) is 4.50. The summed E-state index contributed by atoms with van der Waals surface area (Å²) in [6.45, 7) is 6.09. The summed E-state index contributed by atoms with van der Waals surface area (Å²) < 4.78 is 11.4. The third-order valence-electron chi connectivity index (χ3n) is 3.28. The van der Waals surface area contributed by atoms with Gasteiger partial charge in [-0.05, 0) is 12.0 Å². The molecule has 93 valence electrons. The van der Waals surface area contributed by atoms with Gasteiger partial charge in [0.05, 0.1) is 25.9 Å². The van der Waals surface area contributed by atoms with Crippen LogP contribution >= 0.6 is 0 Å². The van der Waals surface area contributed by atoms with Gasteiger partial charge in [0.1, 0.15) is 0 Å². The van der Waals surface area contributed by atoms with E-state index in [-0.39, 0.29) is 6.10 Å². The molecular weight excluding hydrogens is 212 g/mol. The molecular formula is C15H21O2. The molecule has 1 aromatic rings. The summed E-state index contributed by atoms with van der Waals surface area (Å²) in [5.74, 6) is 0.443. The molecule has 1 heterocycles. The Morgan fingerprint density at radius 2 is 2.06 bits per heavy atom. The minimum atomic E-state index is 0.206. The Morgan fingerprint density at radius 3 is 2.71 bits per heavy atom. The molecule has 1 fully saturated rings. The molecule has 0 amide bonds. The molecule has 0 spiro atoms. The molecule has 0 saturated carbocycles. The molecule has 1 aliphatic heterocycles.